The standard InChI is InChI=1S/C36H71NO8/c1-3-5-7-9-11-13-15-17-19-21-23-25-30(39)29(28-44-36-35(43)34(42)33(41)31(27-38)45-36)37-32(40)26-24-22-20-18-16-14-12-10-8-6-4-2/h29-31,33-36,38-39,41-43H,3-28H2,1-2H3,(H,37,40)/t29-,30+,31+,33+,34?,35?,36+/m0/s1. The summed E-state index contributed by atoms with van der Waals surface area (Å²) in [5.41, 5.74) is 0. The van der Waals surface area contributed by atoms with Gasteiger partial charge in [-0.1, -0.05) is 149 Å². The van der Waals surface area contributed by atoms with Crippen LogP contribution in [0.2, 0.25) is 0 Å². The molecule has 1 aliphatic heterocycles. The lowest BCUT2D eigenvalue weighted by Crippen LogP contribution is -2.60. The highest BCUT2D eigenvalue weighted by Gasteiger charge is 2.44. The van der Waals surface area contributed by atoms with Crippen LogP contribution in [0, 0.1) is 0 Å². The lowest BCUT2D eigenvalue weighted by molar-refractivity contribution is -0.302. The second-order valence-electron chi connectivity index (χ2n) is 13.4. The van der Waals surface area contributed by atoms with E-state index in [1.54, 1.807) is 0 Å². The molecule has 6 N–H and O–H groups in total. The molecule has 1 heterocycles. The third-order valence-corrected chi connectivity index (χ3v) is 9.21. The lowest BCUT2D eigenvalue weighted by Gasteiger charge is -2.40. The molecule has 45 heavy (non-hydrogen) atoms. The van der Waals surface area contributed by atoms with E-state index in [9.17, 15) is 30.3 Å². The molecular weight excluding hydrogens is 574 g/mol. The van der Waals surface area contributed by atoms with Gasteiger partial charge >= 0.3 is 0 Å². The van der Waals surface area contributed by atoms with E-state index >= 15 is 0 Å². The Balaban J connectivity index is 2.44. The smallest absolute Gasteiger partial charge is 0.220 e. The highest BCUT2D eigenvalue weighted by atomic mass is 16.7. The molecule has 1 aliphatic rings. The fraction of sp³-hybridized carbons (Fsp3) is 0.972. The van der Waals surface area contributed by atoms with E-state index in [1.807, 2.05) is 0 Å². The van der Waals surface area contributed by atoms with Crippen molar-refractivity contribution in [2.75, 3.05) is 13.2 Å². The number of hydrogen-bond acceptors (Lipinski definition) is 8. The first-order valence-electron chi connectivity index (χ1n) is 18.7. The van der Waals surface area contributed by atoms with Crippen LogP contribution in [0.1, 0.15) is 168 Å². The van der Waals surface area contributed by atoms with E-state index in [2.05, 4.69) is 19.2 Å². The number of aliphatic hydroxyl groups is 5. The molecule has 9 heteroatoms. The number of carbonyl (C=O) groups is 1. The molecule has 0 saturated carbocycles. The molecule has 1 fully saturated rings. The summed E-state index contributed by atoms with van der Waals surface area (Å²) in [4.78, 5) is 12.8. The largest absolute Gasteiger partial charge is 0.394 e. The van der Waals surface area contributed by atoms with Gasteiger partial charge in [-0.25, -0.2) is 0 Å². The Labute approximate surface area is 274 Å². The van der Waals surface area contributed by atoms with Gasteiger partial charge in [0.15, 0.2) is 6.29 Å². The van der Waals surface area contributed by atoms with Gasteiger partial charge in [0.05, 0.1) is 25.4 Å². The Hall–Kier alpha value is -0.810. The van der Waals surface area contributed by atoms with Crippen LogP contribution >= 0.6 is 0 Å². The number of unbranched alkanes of at least 4 members (excludes halogenated alkanes) is 20. The summed E-state index contributed by atoms with van der Waals surface area (Å²) in [6.07, 6.45) is 19.6. The topological polar surface area (TPSA) is 149 Å². The number of carbonyl (C=O) groups excluding carboxylic acids is 1. The Bertz CT molecular complexity index is 681. The van der Waals surface area contributed by atoms with Gasteiger partial charge in [0.25, 0.3) is 0 Å². The summed E-state index contributed by atoms with van der Waals surface area (Å²) >= 11 is 0. The van der Waals surface area contributed by atoms with E-state index < -0.39 is 49.5 Å². The summed E-state index contributed by atoms with van der Waals surface area (Å²) in [6, 6.07) is -0.708. The van der Waals surface area contributed by atoms with Crippen molar-refractivity contribution in [3.05, 3.63) is 0 Å². The van der Waals surface area contributed by atoms with E-state index in [-0.39, 0.29) is 12.5 Å². The second-order valence-corrected chi connectivity index (χ2v) is 13.4. The summed E-state index contributed by atoms with van der Waals surface area (Å²) in [6.45, 7) is 3.79. The van der Waals surface area contributed by atoms with Gasteiger partial charge in [0.2, 0.25) is 5.91 Å². The number of rotatable bonds is 30. The van der Waals surface area contributed by atoms with Gasteiger partial charge in [0.1, 0.15) is 24.4 Å². The molecule has 0 aromatic rings. The van der Waals surface area contributed by atoms with Gasteiger partial charge in [-0.3, -0.25) is 4.79 Å². The monoisotopic (exact) mass is 646 g/mol. The van der Waals surface area contributed by atoms with Crippen LogP contribution in [0.5, 0.6) is 0 Å². The molecule has 1 rings (SSSR count). The maximum Gasteiger partial charge on any atom is 0.220 e. The number of hydrogen-bond donors (Lipinski definition) is 6. The van der Waals surface area contributed by atoms with Crippen LogP contribution in [-0.4, -0.2) is 87.5 Å². The molecule has 268 valence electrons. The average molecular weight is 646 g/mol. The highest BCUT2D eigenvalue weighted by Crippen LogP contribution is 2.23. The van der Waals surface area contributed by atoms with Crippen molar-refractivity contribution in [1.82, 2.24) is 5.32 Å². The summed E-state index contributed by atoms with van der Waals surface area (Å²) in [5, 5.41) is 53.9. The molecule has 1 saturated heterocycles. The maximum absolute atomic E-state index is 12.8. The predicted molar refractivity (Wildman–Crippen MR) is 180 cm³/mol. The highest BCUT2D eigenvalue weighted by molar-refractivity contribution is 5.76. The van der Waals surface area contributed by atoms with Crippen LogP contribution in [0.3, 0.4) is 0 Å². The van der Waals surface area contributed by atoms with Crippen molar-refractivity contribution in [2.24, 2.45) is 0 Å². The normalized spacial score (nSPS) is 23.2. The summed E-state index contributed by atoms with van der Waals surface area (Å²) < 4.78 is 11.2. The second kappa shape index (κ2) is 28.2. The Morgan fingerprint density at radius 1 is 0.667 bits per heavy atom. The van der Waals surface area contributed by atoms with Crippen molar-refractivity contribution in [2.45, 2.75) is 211 Å². The maximum atomic E-state index is 12.8. The molecule has 0 aromatic carbocycles. The first kappa shape index (κ1) is 42.2. The van der Waals surface area contributed by atoms with Gasteiger partial charge in [0, 0.05) is 6.42 Å². The zero-order valence-electron chi connectivity index (χ0n) is 28.9. The van der Waals surface area contributed by atoms with Crippen molar-refractivity contribution in [3.63, 3.8) is 0 Å². The third kappa shape index (κ3) is 20.2. The first-order valence-corrected chi connectivity index (χ1v) is 18.7. The van der Waals surface area contributed by atoms with Gasteiger partial charge in [-0.05, 0) is 12.8 Å². The minimum Gasteiger partial charge on any atom is -0.394 e. The third-order valence-electron chi connectivity index (χ3n) is 9.21. The predicted octanol–water partition coefficient (Wildman–Crippen LogP) is 6.05. The summed E-state index contributed by atoms with van der Waals surface area (Å²) in [5.74, 6) is -0.147. The van der Waals surface area contributed by atoms with E-state index in [0.717, 1.165) is 38.5 Å². The quantitative estimate of drug-likeness (QED) is 0.0517. The number of amides is 1. The molecule has 0 aromatic heterocycles. The summed E-state index contributed by atoms with van der Waals surface area (Å²) in [7, 11) is 0. The Kier molecular flexibility index (Phi) is 26.5. The van der Waals surface area contributed by atoms with Crippen molar-refractivity contribution in [1.29, 1.82) is 0 Å². The number of aliphatic hydroxyl groups excluding tert-OH is 5. The molecule has 1 amide bonds. The molecule has 0 spiro atoms. The van der Waals surface area contributed by atoms with Crippen molar-refractivity contribution in [3.8, 4) is 0 Å². The average Bonchev–Trinajstić information content (AvgIpc) is 3.04. The fourth-order valence-corrected chi connectivity index (χ4v) is 6.10. The van der Waals surface area contributed by atoms with Gasteiger partial charge in [-0.2, -0.15) is 0 Å². The van der Waals surface area contributed by atoms with Gasteiger partial charge < -0.3 is 40.3 Å². The van der Waals surface area contributed by atoms with Crippen LogP contribution in [-0.2, 0) is 14.3 Å². The Morgan fingerprint density at radius 3 is 1.58 bits per heavy atom. The van der Waals surface area contributed by atoms with E-state index in [4.69, 9.17) is 9.47 Å². The Morgan fingerprint density at radius 2 is 1.11 bits per heavy atom. The fourth-order valence-electron chi connectivity index (χ4n) is 6.10. The van der Waals surface area contributed by atoms with Crippen LogP contribution in [0.4, 0.5) is 0 Å². The lowest BCUT2D eigenvalue weighted by atomic mass is 9.99. The molecule has 0 aliphatic carbocycles. The minimum absolute atomic E-state index is 0.133. The van der Waals surface area contributed by atoms with Crippen molar-refractivity contribution < 1.29 is 39.8 Å². The minimum atomic E-state index is -1.55. The first-order chi connectivity index (χ1) is 21.8. The SMILES string of the molecule is CCCCCCCCCCCCCC(=O)N[C@@H](CO[C@@H]1O[C@H](CO)[C@@H](O)C(O)C1O)[C@H](O)CCCCCCCCCCCCC. The van der Waals surface area contributed by atoms with Crippen LogP contribution < -0.4 is 5.32 Å². The zero-order valence-corrected chi connectivity index (χ0v) is 28.9. The zero-order chi connectivity index (χ0) is 33.1. The van der Waals surface area contributed by atoms with Crippen LogP contribution in [0.25, 0.3) is 0 Å². The molecule has 9 nitrogen and oxygen atoms in total. The molecule has 2 unspecified atom stereocenters. The van der Waals surface area contributed by atoms with E-state index in [0.29, 0.717) is 12.8 Å². The van der Waals surface area contributed by atoms with Crippen molar-refractivity contribution >= 4 is 5.91 Å². The number of nitrogens with one attached hydrogen (secondary N) is 1. The molecular formula is C36H71NO8. The van der Waals surface area contributed by atoms with Gasteiger partial charge in [-0.15, -0.1) is 0 Å². The number of ether oxygens (including phenoxy) is 2. The molecule has 0 bridgehead atoms. The molecule has 7 atom stereocenters. The van der Waals surface area contributed by atoms with Crippen LogP contribution in [0.15, 0.2) is 0 Å². The van der Waals surface area contributed by atoms with E-state index in [1.165, 1.54) is 103 Å². The molecule has 0 radical (unpaired) electrons.